The second-order valence-corrected chi connectivity index (χ2v) is 13.0. The molecule has 4 heteroatoms. The van der Waals surface area contributed by atoms with Crippen molar-refractivity contribution in [1.29, 1.82) is 0 Å². The first-order chi connectivity index (χ1) is 25.7. The number of nitrogens with zero attached hydrogens (tertiary/aromatic N) is 3. The number of benzene rings is 7. The minimum Gasteiger partial charge on any atom is -0.454 e. The molecule has 0 fully saturated rings. The van der Waals surface area contributed by atoms with Crippen LogP contribution in [0.1, 0.15) is 0 Å². The smallest absolute Gasteiger partial charge is 0.194 e. The van der Waals surface area contributed by atoms with Crippen LogP contribution in [0.25, 0.3) is 99.0 Å². The lowest BCUT2D eigenvalue weighted by Crippen LogP contribution is -1.97. The molecule has 10 aromatic rings. The molecule has 10 rings (SSSR count). The normalized spacial score (nSPS) is 11.4. The third-order valence-corrected chi connectivity index (χ3v) is 9.99. The first-order valence-corrected chi connectivity index (χ1v) is 17.3. The number of fused-ring (bicyclic) bond motifs is 7. The summed E-state index contributed by atoms with van der Waals surface area (Å²) in [5.74, 6) is 0. The van der Waals surface area contributed by atoms with E-state index >= 15 is 0 Å². The predicted molar refractivity (Wildman–Crippen MR) is 214 cm³/mol. The highest BCUT2D eigenvalue weighted by molar-refractivity contribution is 6.21. The molecule has 4 nitrogen and oxygen atoms in total. The fourth-order valence-corrected chi connectivity index (χ4v) is 7.59. The van der Waals surface area contributed by atoms with Crippen LogP contribution in [-0.2, 0) is 0 Å². The summed E-state index contributed by atoms with van der Waals surface area (Å²) in [7, 11) is 0. The topological polar surface area (TPSA) is 35.3 Å². The van der Waals surface area contributed by atoms with Gasteiger partial charge in [-0.25, -0.2) is 9.83 Å². The maximum absolute atomic E-state index is 8.05. The van der Waals surface area contributed by atoms with Crippen LogP contribution < -0.4 is 0 Å². The van der Waals surface area contributed by atoms with E-state index in [0.29, 0.717) is 5.69 Å². The first-order valence-electron chi connectivity index (χ1n) is 17.3. The van der Waals surface area contributed by atoms with Crippen molar-refractivity contribution in [1.82, 2.24) is 9.55 Å². The van der Waals surface area contributed by atoms with Gasteiger partial charge >= 0.3 is 0 Å². The summed E-state index contributed by atoms with van der Waals surface area (Å²) in [6.07, 6.45) is 0. The van der Waals surface area contributed by atoms with Gasteiger partial charge in [-0.3, -0.25) is 0 Å². The molecule has 0 saturated carbocycles. The van der Waals surface area contributed by atoms with E-state index in [4.69, 9.17) is 16.0 Å². The van der Waals surface area contributed by atoms with E-state index in [1.807, 2.05) is 72.8 Å². The largest absolute Gasteiger partial charge is 0.454 e. The zero-order chi connectivity index (χ0) is 34.6. The number of pyridine rings is 1. The third-order valence-electron chi connectivity index (χ3n) is 9.99. The zero-order valence-corrected chi connectivity index (χ0v) is 28.0. The quantitative estimate of drug-likeness (QED) is 0.172. The van der Waals surface area contributed by atoms with Crippen LogP contribution in [0.3, 0.4) is 0 Å². The van der Waals surface area contributed by atoms with E-state index in [2.05, 4.69) is 113 Å². The summed E-state index contributed by atoms with van der Waals surface area (Å²) in [5, 5.41) is 4.44. The van der Waals surface area contributed by atoms with Gasteiger partial charge in [0.05, 0.1) is 29.0 Å². The molecule has 52 heavy (non-hydrogen) atoms. The van der Waals surface area contributed by atoms with E-state index in [1.165, 1.54) is 0 Å². The van der Waals surface area contributed by atoms with Crippen LogP contribution in [-0.4, -0.2) is 9.55 Å². The second-order valence-electron chi connectivity index (χ2n) is 13.0. The van der Waals surface area contributed by atoms with Crippen molar-refractivity contribution >= 4 is 49.4 Å². The molecule has 0 spiro atoms. The maximum atomic E-state index is 8.05. The summed E-state index contributed by atoms with van der Waals surface area (Å²) in [5.41, 5.74) is 13.2. The van der Waals surface area contributed by atoms with E-state index < -0.39 is 0 Å². The maximum Gasteiger partial charge on any atom is 0.194 e. The van der Waals surface area contributed by atoms with Gasteiger partial charge in [0, 0.05) is 38.4 Å². The number of hydrogen-bond donors (Lipinski definition) is 0. The van der Waals surface area contributed by atoms with Gasteiger partial charge in [0.1, 0.15) is 5.58 Å². The Labute approximate surface area is 300 Å². The third kappa shape index (κ3) is 4.80. The van der Waals surface area contributed by atoms with Crippen molar-refractivity contribution in [2.24, 2.45) is 0 Å². The average Bonchev–Trinajstić information content (AvgIpc) is 3.77. The Kier molecular flexibility index (Phi) is 6.84. The second kappa shape index (κ2) is 12.0. The van der Waals surface area contributed by atoms with Crippen molar-refractivity contribution in [2.45, 2.75) is 0 Å². The van der Waals surface area contributed by atoms with Crippen LogP contribution in [0.2, 0.25) is 0 Å². The highest BCUT2D eigenvalue weighted by Gasteiger charge is 2.21. The summed E-state index contributed by atoms with van der Waals surface area (Å²) in [6.45, 7) is 8.05. The molecule has 0 unspecified atom stereocenters. The van der Waals surface area contributed by atoms with Gasteiger partial charge in [-0.1, -0.05) is 127 Å². The monoisotopic (exact) mass is 663 g/mol. The number of hydrogen-bond acceptors (Lipinski definition) is 2. The van der Waals surface area contributed by atoms with Crippen LogP contribution in [0.15, 0.2) is 180 Å². The Morgan fingerprint density at radius 1 is 0.481 bits per heavy atom. The van der Waals surface area contributed by atoms with Crippen LogP contribution in [0.5, 0.6) is 0 Å². The fourth-order valence-electron chi connectivity index (χ4n) is 7.59. The number of para-hydroxylation sites is 3. The SMILES string of the molecule is [C-]#[N+]c1ccccc1-c1cc(-c2cc(-c3ccccc3)nc(-c3ccccc3)c2)cc(-n2c3ccccc3c3ccc4c5ccccc5oc4c32)c1. The van der Waals surface area contributed by atoms with Gasteiger partial charge < -0.3 is 8.98 Å². The van der Waals surface area contributed by atoms with Gasteiger partial charge in [0.15, 0.2) is 11.3 Å². The van der Waals surface area contributed by atoms with Gasteiger partial charge in [0.2, 0.25) is 0 Å². The molecule has 3 heterocycles. The molecule has 0 radical (unpaired) electrons. The minimum atomic E-state index is 0.608. The molecule has 0 bridgehead atoms. The van der Waals surface area contributed by atoms with Gasteiger partial charge in [-0.15, -0.1) is 0 Å². The van der Waals surface area contributed by atoms with Gasteiger partial charge in [-0.05, 0) is 70.8 Å². The van der Waals surface area contributed by atoms with E-state index in [9.17, 15) is 0 Å². The first kappa shape index (κ1) is 29.7. The van der Waals surface area contributed by atoms with Crippen molar-refractivity contribution < 1.29 is 4.42 Å². The molecule has 0 saturated heterocycles. The summed E-state index contributed by atoms with van der Waals surface area (Å²) in [6, 6.07) is 60.7. The van der Waals surface area contributed by atoms with Gasteiger partial charge in [0.25, 0.3) is 0 Å². The Hall–Kier alpha value is -7.22. The molecular weight excluding hydrogens is 635 g/mol. The van der Waals surface area contributed by atoms with Crippen molar-refractivity contribution in [2.75, 3.05) is 0 Å². The van der Waals surface area contributed by atoms with Crippen molar-refractivity contribution in [3.8, 4) is 50.5 Å². The van der Waals surface area contributed by atoms with E-state index in [1.54, 1.807) is 0 Å². The Bertz CT molecular complexity index is 2960. The molecule has 0 aliphatic carbocycles. The lowest BCUT2D eigenvalue weighted by molar-refractivity contribution is 0.671. The highest BCUT2D eigenvalue weighted by atomic mass is 16.3. The van der Waals surface area contributed by atoms with Crippen LogP contribution in [0, 0.1) is 6.57 Å². The van der Waals surface area contributed by atoms with E-state index in [-0.39, 0.29) is 0 Å². The number of rotatable bonds is 5. The van der Waals surface area contributed by atoms with E-state index in [0.717, 1.165) is 94.2 Å². The Morgan fingerprint density at radius 2 is 1.08 bits per heavy atom. The average molecular weight is 664 g/mol. The lowest BCUT2D eigenvalue weighted by atomic mass is 9.95. The van der Waals surface area contributed by atoms with Gasteiger partial charge in [-0.2, -0.15) is 0 Å². The number of furan rings is 1. The standard InChI is InChI=1S/C48H29N3O/c1-49-42-21-11-8-18-37(42)35-26-33(34-29-43(31-14-4-2-5-15-31)50-44(30-34)32-16-6-3-7-17-32)27-36(28-35)51-45-22-12-9-19-38(45)40-24-25-41-39-20-10-13-23-46(39)52-48(41)47(40)51/h2-30H. The van der Waals surface area contributed by atoms with Crippen molar-refractivity contribution in [3.63, 3.8) is 0 Å². The number of aromatic nitrogens is 2. The molecule has 0 aliphatic rings. The van der Waals surface area contributed by atoms with Crippen LogP contribution in [0.4, 0.5) is 5.69 Å². The molecule has 7 aromatic carbocycles. The molecule has 0 N–H and O–H groups in total. The molecule has 0 aliphatic heterocycles. The lowest BCUT2D eigenvalue weighted by Gasteiger charge is -2.16. The zero-order valence-electron chi connectivity index (χ0n) is 28.0. The molecule has 3 aromatic heterocycles. The van der Waals surface area contributed by atoms with Crippen molar-refractivity contribution in [3.05, 3.63) is 187 Å². The minimum absolute atomic E-state index is 0.608. The van der Waals surface area contributed by atoms with Crippen LogP contribution >= 0.6 is 0 Å². The summed E-state index contributed by atoms with van der Waals surface area (Å²) in [4.78, 5) is 9.09. The Morgan fingerprint density at radius 3 is 1.83 bits per heavy atom. The highest BCUT2D eigenvalue weighted by Crippen LogP contribution is 2.43. The summed E-state index contributed by atoms with van der Waals surface area (Å²) < 4.78 is 9.02. The summed E-state index contributed by atoms with van der Waals surface area (Å²) >= 11 is 0. The Balaban J connectivity index is 1.31. The molecule has 0 amide bonds. The molecule has 0 atom stereocenters. The molecular formula is C48H29N3O. The molecule has 242 valence electrons. The fraction of sp³-hybridized carbons (Fsp3) is 0. The predicted octanol–water partition coefficient (Wildman–Crippen LogP) is 13.3.